The van der Waals surface area contributed by atoms with Gasteiger partial charge in [-0.25, -0.2) is 0 Å². The molecule has 2 aliphatic heterocycles. The minimum atomic E-state index is -0.193. The van der Waals surface area contributed by atoms with Gasteiger partial charge in [-0.15, -0.1) is 11.3 Å². The van der Waals surface area contributed by atoms with Crippen molar-refractivity contribution in [2.45, 2.75) is 26.2 Å². The van der Waals surface area contributed by atoms with Gasteiger partial charge in [0.15, 0.2) is 7.28 Å². The monoisotopic (exact) mass is 783 g/mol. The fraction of sp³-hybridized carbons (Fsp3) is 0.0714. The summed E-state index contributed by atoms with van der Waals surface area (Å²) in [7, 11) is 2.45. The molecule has 4 heteroatoms. The van der Waals surface area contributed by atoms with E-state index in [4.69, 9.17) is 0 Å². The molecule has 10 aromatic rings. The molecule has 0 saturated heterocycles. The van der Waals surface area contributed by atoms with Crippen LogP contribution in [-0.2, 0) is 5.41 Å². The van der Waals surface area contributed by atoms with Gasteiger partial charge in [0.2, 0.25) is 0 Å². The van der Waals surface area contributed by atoms with E-state index in [-0.39, 0.29) is 5.41 Å². The third kappa shape index (κ3) is 5.34. The molecule has 9 aromatic carbocycles. The van der Waals surface area contributed by atoms with Crippen molar-refractivity contribution in [3.05, 3.63) is 199 Å². The average molecular weight is 784 g/mol. The number of para-hydroxylation sites is 1. The van der Waals surface area contributed by atoms with E-state index in [2.05, 4.69) is 220 Å². The molecule has 3 heterocycles. The lowest BCUT2D eigenvalue weighted by Gasteiger charge is -2.46. The number of thiophene rings is 1. The summed E-state index contributed by atoms with van der Waals surface area (Å²) < 4.78 is 2.56. The molecule has 2 aliphatic rings. The van der Waals surface area contributed by atoms with Gasteiger partial charge in [0.05, 0.1) is 16.1 Å². The highest BCUT2D eigenvalue weighted by Crippen LogP contribution is 2.54. The number of rotatable bonds is 5. The Labute approximate surface area is 355 Å². The van der Waals surface area contributed by atoms with Crippen LogP contribution in [0.1, 0.15) is 30.5 Å². The topological polar surface area (TPSA) is 15.3 Å². The van der Waals surface area contributed by atoms with Gasteiger partial charge in [-0.3, -0.25) is 0 Å². The summed E-state index contributed by atoms with van der Waals surface area (Å²) in [5.74, 6) is 0. The first-order chi connectivity index (χ1) is 29.4. The fourth-order valence-electron chi connectivity index (χ4n) is 9.95. The molecular formula is C56H40BN2S. The largest absolute Gasteiger partial charge is 0.354 e. The minimum absolute atomic E-state index is 0.193. The summed E-state index contributed by atoms with van der Waals surface area (Å²) in [6.07, 6.45) is 0. The number of aryl methyl sites for hydroxylation is 1. The third-order valence-electron chi connectivity index (χ3n) is 13.0. The van der Waals surface area contributed by atoms with E-state index in [9.17, 15) is 0 Å². The Balaban J connectivity index is 1.14. The zero-order valence-corrected chi connectivity index (χ0v) is 34.6. The van der Waals surface area contributed by atoms with Crippen molar-refractivity contribution in [1.29, 1.82) is 0 Å². The van der Waals surface area contributed by atoms with Crippen LogP contribution in [0.5, 0.6) is 0 Å². The van der Waals surface area contributed by atoms with Crippen LogP contribution in [0.2, 0.25) is 0 Å². The molecular weight excluding hydrogens is 744 g/mol. The van der Waals surface area contributed by atoms with Gasteiger partial charge in [-0.05, 0) is 110 Å². The van der Waals surface area contributed by atoms with E-state index >= 15 is 0 Å². The molecule has 0 saturated carbocycles. The molecule has 0 aliphatic carbocycles. The summed E-state index contributed by atoms with van der Waals surface area (Å²) in [5.41, 5.74) is 19.3. The predicted octanol–water partition coefficient (Wildman–Crippen LogP) is 14.3. The van der Waals surface area contributed by atoms with E-state index in [1.54, 1.807) is 0 Å². The third-order valence-corrected chi connectivity index (χ3v) is 14.2. The van der Waals surface area contributed by atoms with Crippen molar-refractivity contribution >= 4 is 88.9 Å². The second-order valence-electron chi connectivity index (χ2n) is 16.9. The summed E-state index contributed by atoms with van der Waals surface area (Å²) >= 11 is 1.86. The zero-order valence-electron chi connectivity index (χ0n) is 33.8. The van der Waals surface area contributed by atoms with Crippen LogP contribution in [0.15, 0.2) is 182 Å². The number of hydrogen-bond donors (Lipinski definition) is 1. The van der Waals surface area contributed by atoms with E-state index in [0.717, 1.165) is 16.9 Å². The van der Waals surface area contributed by atoms with Gasteiger partial charge in [-0.1, -0.05) is 159 Å². The van der Waals surface area contributed by atoms with Gasteiger partial charge in [0.25, 0.3) is 0 Å². The number of fused-ring (bicyclic) bond motifs is 8. The van der Waals surface area contributed by atoms with Crippen LogP contribution in [0, 0.1) is 6.92 Å². The number of benzene rings is 9. The first kappa shape index (κ1) is 35.1. The molecule has 0 amide bonds. The molecule has 283 valence electrons. The molecule has 0 bridgehead atoms. The summed E-state index contributed by atoms with van der Waals surface area (Å²) in [5, 5.41) is 9.15. The molecule has 0 fully saturated rings. The fourth-order valence-corrected chi connectivity index (χ4v) is 11.1. The van der Waals surface area contributed by atoms with E-state index in [1.807, 2.05) is 11.3 Å². The second kappa shape index (κ2) is 13.3. The van der Waals surface area contributed by atoms with Crippen molar-refractivity contribution in [2.75, 3.05) is 10.2 Å². The quantitative estimate of drug-likeness (QED) is 0.175. The van der Waals surface area contributed by atoms with Crippen molar-refractivity contribution < 1.29 is 0 Å². The summed E-state index contributed by atoms with van der Waals surface area (Å²) in [4.78, 5) is 2.58. The highest BCUT2D eigenvalue weighted by atomic mass is 32.1. The molecule has 0 spiro atoms. The van der Waals surface area contributed by atoms with Crippen molar-refractivity contribution in [3.8, 4) is 33.4 Å². The molecule has 2 nitrogen and oxygen atoms in total. The average Bonchev–Trinajstić information content (AvgIpc) is 3.67. The van der Waals surface area contributed by atoms with E-state index < -0.39 is 0 Å². The maximum atomic E-state index is 4.06. The van der Waals surface area contributed by atoms with Gasteiger partial charge in [0, 0.05) is 43.5 Å². The van der Waals surface area contributed by atoms with Crippen molar-refractivity contribution in [3.63, 3.8) is 0 Å². The standard InChI is InChI=1S/C56H40BN2S/c1-34-15-7-10-20-40(34)39-29-44(53-51(33-39)59-50-32-37-19-9-8-18-36(37)30-46(50)56(2,3)45-23-14-24-47(57-53)54(45)59)41-28-27-38(35-16-5-4-6-17-35)31-49(41)58-48-25-13-22-43-42-21-11-12-26-52(42)60-55(43)48/h4-33,58H,1-3H3. The molecule has 0 unspecified atom stereocenters. The van der Waals surface area contributed by atoms with Crippen LogP contribution in [-0.4, -0.2) is 7.28 Å². The van der Waals surface area contributed by atoms with Gasteiger partial charge >= 0.3 is 0 Å². The van der Waals surface area contributed by atoms with E-state index in [1.165, 1.54) is 103 Å². The van der Waals surface area contributed by atoms with Crippen LogP contribution in [0.4, 0.5) is 28.4 Å². The summed E-state index contributed by atoms with van der Waals surface area (Å²) in [6.45, 7) is 7.01. The number of hydrogen-bond acceptors (Lipinski definition) is 3. The Hall–Kier alpha value is -6.88. The van der Waals surface area contributed by atoms with Gasteiger partial charge < -0.3 is 10.2 Å². The number of nitrogens with one attached hydrogen (secondary N) is 1. The maximum absolute atomic E-state index is 4.06. The van der Waals surface area contributed by atoms with Gasteiger partial charge in [-0.2, -0.15) is 0 Å². The molecule has 1 N–H and O–H groups in total. The first-order valence-electron chi connectivity index (χ1n) is 20.8. The van der Waals surface area contributed by atoms with Crippen LogP contribution < -0.4 is 21.1 Å². The zero-order chi connectivity index (χ0) is 40.1. The first-order valence-corrected chi connectivity index (χ1v) is 21.7. The van der Waals surface area contributed by atoms with Crippen LogP contribution in [0.3, 0.4) is 0 Å². The summed E-state index contributed by atoms with van der Waals surface area (Å²) in [6, 6.07) is 67.4. The Morgan fingerprint density at radius 1 is 0.517 bits per heavy atom. The lowest BCUT2D eigenvalue weighted by atomic mass is 9.55. The Morgan fingerprint density at radius 3 is 2.13 bits per heavy atom. The van der Waals surface area contributed by atoms with E-state index in [0.29, 0.717) is 0 Å². The lowest BCUT2D eigenvalue weighted by Crippen LogP contribution is -2.45. The molecule has 1 aromatic heterocycles. The van der Waals surface area contributed by atoms with Gasteiger partial charge in [0.1, 0.15) is 0 Å². The number of nitrogens with zero attached hydrogens (tertiary/aromatic N) is 1. The van der Waals surface area contributed by atoms with Crippen LogP contribution in [0.25, 0.3) is 64.3 Å². The Kier molecular flexibility index (Phi) is 7.79. The van der Waals surface area contributed by atoms with Crippen molar-refractivity contribution in [2.24, 2.45) is 0 Å². The molecule has 0 atom stereocenters. The molecule has 12 rings (SSSR count). The Morgan fingerprint density at radius 2 is 1.27 bits per heavy atom. The minimum Gasteiger partial charge on any atom is -0.354 e. The Bertz CT molecular complexity index is 3380. The smallest absolute Gasteiger partial charge is 0.197 e. The van der Waals surface area contributed by atoms with Crippen molar-refractivity contribution in [1.82, 2.24) is 0 Å². The number of anilines is 5. The highest BCUT2D eigenvalue weighted by Gasteiger charge is 2.41. The second-order valence-corrected chi connectivity index (χ2v) is 17.9. The normalized spacial score (nSPS) is 13.5. The predicted molar refractivity (Wildman–Crippen MR) is 259 cm³/mol. The SMILES string of the molecule is Cc1ccccc1-c1cc(-c2ccc(-c3ccccc3)cc2Nc2cccc3c2sc2ccccc23)c2c(c1)N1c3cc4ccccc4cc3C(C)(C)c3cccc(c31)[B]2. The van der Waals surface area contributed by atoms with Crippen LogP contribution >= 0.6 is 11.3 Å². The lowest BCUT2D eigenvalue weighted by molar-refractivity contribution is 0.633. The molecule has 1 radical (unpaired) electrons. The molecule has 60 heavy (non-hydrogen) atoms. The maximum Gasteiger partial charge on any atom is 0.197 e. The highest BCUT2D eigenvalue weighted by molar-refractivity contribution is 7.26.